The van der Waals surface area contributed by atoms with E-state index in [0.29, 0.717) is 17.7 Å². The van der Waals surface area contributed by atoms with Gasteiger partial charge in [0.2, 0.25) is 5.91 Å². The van der Waals surface area contributed by atoms with E-state index in [1.165, 1.54) is 19.3 Å². The van der Waals surface area contributed by atoms with E-state index in [-0.39, 0.29) is 6.04 Å². The van der Waals surface area contributed by atoms with Crippen molar-refractivity contribution in [3.8, 4) is 0 Å². The molecule has 1 aliphatic heterocycles. The standard InChI is InChI=1S/C15H24N2O/c1-8-4-5-17(7-11(8)16)15(18)14-12-9-2-3-10(6-9)13(12)14/h8-14H,2-7,16H2,1H3. The predicted octanol–water partition coefficient (Wildman–Crippen LogP) is 1.47. The van der Waals surface area contributed by atoms with E-state index >= 15 is 0 Å². The molecule has 3 saturated carbocycles. The molecule has 1 amide bonds. The maximum atomic E-state index is 12.6. The van der Waals surface area contributed by atoms with E-state index in [9.17, 15) is 4.79 Å². The average molecular weight is 248 g/mol. The van der Waals surface area contributed by atoms with Crippen LogP contribution in [-0.2, 0) is 4.79 Å². The number of nitrogens with zero attached hydrogens (tertiary/aromatic N) is 1. The van der Waals surface area contributed by atoms with Crippen LogP contribution in [-0.4, -0.2) is 29.9 Å². The molecule has 100 valence electrons. The highest BCUT2D eigenvalue weighted by Crippen LogP contribution is 2.69. The van der Waals surface area contributed by atoms with Crippen molar-refractivity contribution in [1.82, 2.24) is 4.90 Å². The first-order valence-electron chi connectivity index (χ1n) is 7.71. The van der Waals surface area contributed by atoms with Gasteiger partial charge in [0.15, 0.2) is 0 Å². The molecule has 6 unspecified atom stereocenters. The minimum atomic E-state index is 0.193. The molecule has 3 aliphatic carbocycles. The SMILES string of the molecule is CC1CCN(C(=O)C2C3C4CCC(C4)C23)CC1N. The zero-order valence-electron chi connectivity index (χ0n) is 11.2. The van der Waals surface area contributed by atoms with Crippen molar-refractivity contribution >= 4 is 5.91 Å². The molecule has 1 saturated heterocycles. The first-order valence-corrected chi connectivity index (χ1v) is 7.71. The van der Waals surface area contributed by atoms with Crippen LogP contribution in [0, 0.1) is 35.5 Å². The van der Waals surface area contributed by atoms with Crippen molar-refractivity contribution < 1.29 is 4.79 Å². The smallest absolute Gasteiger partial charge is 0.226 e. The molecular weight excluding hydrogens is 224 g/mol. The van der Waals surface area contributed by atoms with Gasteiger partial charge in [0.25, 0.3) is 0 Å². The number of hydrogen-bond acceptors (Lipinski definition) is 2. The van der Waals surface area contributed by atoms with Gasteiger partial charge in [-0.15, -0.1) is 0 Å². The number of fused-ring (bicyclic) bond motifs is 5. The summed E-state index contributed by atoms with van der Waals surface area (Å²) >= 11 is 0. The number of carbonyl (C=O) groups excluding carboxylic acids is 1. The molecule has 0 aromatic heterocycles. The molecule has 3 nitrogen and oxygen atoms in total. The lowest BCUT2D eigenvalue weighted by atomic mass is 9.93. The number of hydrogen-bond donors (Lipinski definition) is 1. The molecule has 4 aliphatic rings. The van der Waals surface area contributed by atoms with Crippen LogP contribution in [0.2, 0.25) is 0 Å². The number of likely N-dealkylation sites (tertiary alicyclic amines) is 1. The molecule has 4 fully saturated rings. The Labute approximate surface area is 109 Å². The summed E-state index contributed by atoms with van der Waals surface area (Å²) in [6.07, 6.45) is 5.30. The quantitative estimate of drug-likeness (QED) is 0.764. The van der Waals surface area contributed by atoms with Gasteiger partial charge < -0.3 is 10.6 Å². The molecule has 0 aromatic carbocycles. The Balaban J connectivity index is 1.43. The van der Waals surface area contributed by atoms with Crippen LogP contribution in [0.5, 0.6) is 0 Å². The highest BCUT2D eigenvalue weighted by molar-refractivity contribution is 5.83. The lowest BCUT2D eigenvalue weighted by molar-refractivity contribution is -0.135. The van der Waals surface area contributed by atoms with Crippen LogP contribution >= 0.6 is 0 Å². The Bertz CT molecular complexity index is 367. The second-order valence-electron chi connectivity index (χ2n) is 7.23. The van der Waals surface area contributed by atoms with Crippen LogP contribution in [0.25, 0.3) is 0 Å². The normalized spacial score (nSPS) is 53.4. The van der Waals surface area contributed by atoms with Crippen molar-refractivity contribution in [2.75, 3.05) is 13.1 Å². The summed E-state index contributed by atoms with van der Waals surface area (Å²) in [5.74, 6) is 4.75. The summed E-state index contributed by atoms with van der Waals surface area (Å²) in [6, 6.07) is 0.193. The van der Waals surface area contributed by atoms with Crippen LogP contribution < -0.4 is 5.73 Å². The second kappa shape index (κ2) is 3.72. The molecule has 18 heavy (non-hydrogen) atoms. The molecule has 2 bridgehead atoms. The lowest BCUT2D eigenvalue weighted by Gasteiger charge is -2.35. The van der Waals surface area contributed by atoms with Crippen molar-refractivity contribution in [2.24, 2.45) is 41.2 Å². The highest BCUT2D eigenvalue weighted by Gasteiger charge is 2.68. The van der Waals surface area contributed by atoms with E-state index in [1.807, 2.05) is 0 Å². The Hall–Kier alpha value is -0.570. The molecule has 0 radical (unpaired) electrons. The van der Waals surface area contributed by atoms with E-state index < -0.39 is 0 Å². The fourth-order valence-corrected chi connectivity index (χ4v) is 5.17. The fraction of sp³-hybridized carbons (Fsp3) is 0.933. The van der Waals surface area contributed by atoms with Crippen molar-refractivity contribution in [1.29, 1.82) is 0 Å². The van der Waals surface area contributed by atoms with E-state index in [1.54, 1.807) is 0 Å². The second-order valence-corrected chi connectivity index (χ2v) is 7.23. The minimum absolute atomic E-state index is 0.193. The Kier molecular flexibility index (Phi) is 2.33. The van der Waals surface area contributed by atoms with Gasteiger partial charge in [0, 0.05) is 25.0 Å². The van der Waals surface area contributed by atoms with Crippen LogP contribution in [0.3, 0.4) is 0 Å². The molecule has 2 N–H and O–H groups in total. The fourth-order valence-electron chi connectivity index (χ4n) is 5.17. The van der Waals surface area contributed by atoms with Gasteiger partial charge >= 0.3 is 0 Å². The molecule has 0 aromatic rings. The zero-order valence-corrected chi connectivity index (χ0v) is 11.2. The molecule has 6 atom stereocenters. The first-order chi connectivity index (χ1) is 8.66. The highest BCUT2D eigenvalue weighted by atomic mass is 16.2. The number of carbonyl (C=O) groups is 1. The third-order valence-corrected chi connectivity index (χ3v) is 6.35. The van der Waals surface area contributed by atoms with Gasteiger partial charge in [-0.25, -0.2) is 0 Å². The summed E-state index contributed by atoms with van der Waals surface area (Å²) in [6.45, 7) is 3.95. The van der Waals surface area contributed by atoms with Crippen molar-refractivity contribution in [2.45, 2.75) is 38.6 Å². The van der Waals surface area contributed by atoms with Gasteiger partial charge in [-0.1, -0.05) is 6.92 Å². The van der Waals surface area contributed by atoms with Gasteiger partial charge in [0.1, 0.15) is 0 Å². The van der Waals surface area contributed by atoms with E-state index in [2.05, 4.69) is 11.8 Å². The summed E-state index contributed by atoms with van der Waals surface area (Å²) in [5.41, 5.74) is 6.12. The largest absolute Gasteiger partial charge is 0.341 e. The monoisotopic (exact) mass is 248 g/mol. The molecule has 0 spiro atoms. The van der Waals surface area contributed by atoms with Gasteiger partial charge in [-0.3, -0.25) is 4.79 Å². The van der Waals surface area contributed by atoms with Crippen molar-refractivity contribution in [3.05, 3.63) is 0 Å². The van der Waals surface area contributed by atoms with Gasteiger partial charge in [0.05, 0.1) is 0 Å². The molecular formula is C15H24N2O. The minimum Gasteiger partial charge on any atom is -0.341 e. The summed E-state index contributed by atoms with van der Waals surface area (Å²) in [7, 11) is 0. The number of amides is 1. The lowest BCUT2D eigenvalue weighted by Crippen LogP contribution is -2.50. The van der Waals surface area contributed by atoms with E-state index in [0.717, 1.165) is 43.2 Å². The van der Waals surface area contributed by atoms with Gasteiger partial charge in [-0.05, 0) is 55.3 Å². The summed E-state index contributed by atoms with van der Waals surface area (Å²) < 4.78 is 0. The molecule has 1 heterocycles. The summed E-state index contributed by atoms with van der Waals surface area (Å²) in [5, 5.41) is 0. The Morgan fingerprint density at radius 2 is 1.83 bits per heavy atom. The number of rotatable bonds is 1. The molecule has 4 rings (SSSR count). The number of nitrogens with two attached hydrogens (primary N) is 1. The molecule has 3 heteroatoms. The van der Waals surface area contributed by atoms with Gasteiger partial charge in [-0.2, -0.15) is 0 Å². The summed E-state index contributed by atoms with van der Waals surface area (Å²) in [4.78, 5) is 14.7. The topological polar surface area (TPSA) is 46.3 Å². The maximum Gasteiger partial charge on any atom is 0.226 e. The third kappa shape index (κ3) is 1.43. The predicted molar refractivity (Wildman–Crippen MR) is 69.6 cm³/mol. The van der Waals surface area contributed by atoms with Crippen LogP contribution in [0.4, 0.5) is 0 Å². The van der Waals surface area contributed by atoms with Crippen LogP contribution in [0.1, 0.15) is 32.6 Å². The average Bonchev–Trinajstić information content (AvgIpc) is 2.80. The van der Waals surface area contributed by atoms with Crippen molar-refractivity contribution in [3.63, 3.8) is 0 Å². The zero-order chi connectivity index (χ0) is 12.4. The Morgan fingerprint density at radius 1 is 1.17 bits per heavy atom. The third-order valence-electron chi connectivity index (χ3n) is 6.35. The maximum absolute atomic E-state index is 12.6. The first kappa shape index (κ1) is 11.3. The van der Waals surface area contributed by atoms with Crippen LogP contribution in [0.15, 0.2) is 0 Å². The van der Waals surface area contributed by atoms with E-state index in [4.69, 9.17) is 5.73 Å². The Morgan fingerprint density at radius 3 is 2.44 bits per heavy atom. The number of piperidine rings is 1.